The van der Waals surface area contributed by atoms with Gasteiger partial charge in [-0.05, 0) is 32.0 Å². The summed E-state index contributed by atoms with van der Waals surface area (Å²) in [5.41, 5.74) is 2.55. The summed E-state index contributed by atoms with van der Waals surface area (Å²) in [5, 5.41) is 12.3. The molecule has 2 amide bonds. The summed E-state index contributed by atoms with van der Waals surface area (Å²) in [6.07, 6.45) is 0.0383. The molecule has 4 aromatic heterocycles. The topological polar surface area (TPSA) is 114 Å². The maximum Gasteiger partial charge on any atom is 0.252 e. The minimum atomic E-state index is -0.237. The highest BCUT2D eigenvalue weighted by atomic mass is 32.1. The maximum absolute atomic E-state index is 12.4. The summed E-state index contributed by atoms with van der Waals surface area (Å²) in [6.45, 7) is 5.80. The van der Waals surface area contributed by atoms with E-state index < -0.39 is 0 Å². The second kappa shape index (κ2) is 8.28. The fourth-order valence-electron chi connectivity index (χ4n) is 2.86. The molecule has 154 valence electrons. The van der Waals surface area contributed by atoms with Crippen LogP contribution in [0.3, 0.4) is 0 Å². The Morgan fingerprint density at radius 3 is 2.80 bits per heavy atom. The van der Waals surface area contributed by atoms with Crippen molar-refractivity contribution in [1.29, 1.82) is 0 Å². The number of anilines is 1. The van der Waals surface area contributed by atoms with Crippen LogP contribution in [0.5, 0.6) is 0 Å². The fraction of sp³-hybridized carbons (Fsp3) is 0.263. The van der Waals surface area contributed by atoms with Gasteiger partial charge in [0.05, 0.1) is 23.5 Å². The summed E-state index contributed by atoms with van der Waals surface area (Å²) in [4.78, 5) is 38.6. The molecule has 0 aliphatic carbocycles. The van der Waals surface area contributed by atoms with Crippen molar-refractivity contribution in [3.8, 4) is 10.6 Å². The van der Waals surface area contributed by atoms with Crippen LogP contribution in [0.2, 0.25) is 0 Å². The molecule has 0 saturated carbocycles. The number of carbonyl (C=O) groups excluding carboxylic acids is 2. The molecule has 11 heteroatoms. The van der Waals surface area contributed by atoms with Gasteiger partial charge in [-0.3, -0.25) is 9.59 Å². The second-order valence-electron chi connectivity index (χ2n) is 6.72. The molecule has 4 aromatic rings. The predicted molar refractivity (Wildman–Crippen MR) is 116 cm³/mol. The standard InChI is InChI=1S/C19H19N7O2S2/c1-10-6-11(2)26-18(21-10)23-16(25-26)7-17(28)24-19-22-14(9-29-19)15-5-4-13(30-15)8-20-12(3)27/h4-6,9H,7-8H2,1-3H3,(H,20,27)(H,22,24,28). The van der Waals surface area contributed by atoms with Crippen molar-refractivity contribution < 1.29 is 9.59 Å². The molecule has 9 nitrogen and oxygen atoms in total. The van der Waals surface area contributed by atoms with Crippen molar-refractivity contribution in [3.05, 3.63) is 45.7 Å². The van der Waals surface area contributed by atoms with Gasteiger partial charge in [0, 0.05) is 28.6 Å². The van der Waals surface area contributed by atoms with Crippen molar-refractivity contribution in [2.24, 2.45) is 0 Å². The number of hydrogen-bond acceptors (Lipinski definition) is 8. The van der Waals surface area contributed by atoms with Crippen LogP contribution >= 0.6 is 22.7 Å². The van der Waals surface area contributed by atoms with Crippen molar-refractivity contribution in [2.75, 3.05) is 5.32 Å². The maximum atomic E-state index is 12.4. The number of nitrogens with zero attached hydrogens (tertiary/aromatic N) is 5. The summed E-state index contributed by atoms with van der Waals surface area (Å²) in [5.74, 6) is 0.592. The Bertz CT molecular complexity index is 1240. The zero-order valence-electron chi connectivity index (χ0n) is 16.6. The smallest absolute Gasteiger partial charge is 0.252 e. The predicted octanol–water partition coefficient (Wildman–Crippen LogP) is 2.74. The van der Waals surface area contributed by atoms with E-state index in [1.54, 1.807) is 15.9 Å². The number of thiazole rings is 1. The molecule has 4 heterocycles. The van der Waals surface area contributed by atoms with Gasteiger partial charge >= 0.3 is 0 Å². The SMILES string of the molecule is CC(=O)NCc1ccc(-c2csc(NC(=O)Cc3nc4nc(C)cc(C)n4n3)n2)s1. The van der Waals surface area contributed by atoms with Crippen LogP contribution in [0.25, 0.3) is 16.3 Å². The van der Waals surface area contributed by atoms with Crippen LogP contribution in [0.4, 0.5) is 5.13 Å². The Morgan fingerprint density at radius 1 is 1.17 bits per heavy atom. The first-order valence-corrected chi connectivity index (χ1v) is 10.9. The van der Waals surface area contributed by atoms with E-state index in [-0.39, 0.29) is 18.2 Å². The molecule has 0 fully saturated rings. The summed E-state index contributed by atoms with van der Waals surface area (Å²) >= 11 is 2.91. The number of nitrogens with one attached hydrogen (secondary N) is 2. The number of aromatic nitrogens is 5. The van der Waals surface area contributed by atoms with E-state index in [1.165, 1.54) is 18.3 Å². The van der Waals surface area contributed by atoms with Gasteiger partial charge in [0.15, 0.2) is 11.0 Å². The molecule has 4 rings (SSSR count). The van der Waals surface area contributed by atoms with Gasteiger partial charge < -0.3 is 10.6 Å². The van der Waals surface area contributed by atoms with Gasteiger partial charge in [-0.1, -0.05) is 0 Å². The van der Waals surface area contributed by atoms with Crippen molar-refractivity contribution in [1.82, 2.24) is 29.9 Å². The van der Waals surface area contributed by atoms with E-state index in [9.17, 15) is 9.59 Å². The molecular weight excluding hydrogens is 422 g/mol. The van der Waals surface area contributed by atoms with Gasteiger partial charge in [0.25, 0.3) is 5.78 Å². The third kappa shape index (κ3) is 4.52. The number of rotatable bonds is 6. The zero-order valence-corrected chi connectivity index (χ0v) is 18.2. The quantitative estimate of drug-likeness (QED) is 0.476. The monoisotopic (exact) mass is 441 g/mol. The van der Waals surface area contributed by atoms with Gasteiger partial charge in [0.2, 0.25) is 11.8 Å². The van der Waals surface area contributed by atoms with E-state index in [2.05, 4.69) is 30.7 Å². The third-order valence-corrected chi connectivity index (χ3v) is 6.02. The van der Waals surface area contributed by atoms with Gasteiger partial charge in [0.1, 0.15) is 0 Å². The summed E-state index contributed by atoms with van der Waals surface area (Å²) in [7, 11) is 0. The van der Waals surface area contributed by atoms with E-state index in [1.807, 2.05) is 37.4 Å². The summed E-state index contributed by atoms with van der Waals surface area (Å²) < 4.78 is 1.63. The van der Waals surface area contributed by atoms with E-state index in [4.69, 9.17) is 0 Å². The molecule has 0 aliphatic heterocycles. The summed E-state index contributed by atoms with van der Waals surface area (Å²) in [6, 6.07) is 5.83. The number of fused-ring (bicyclic) bond motifs is 1. The minimum absolute atomic E-state index is 0.0383. The first kappa shape index (κ1) is 20.1. The molecule has 0 saturated heterocycles. The molecule has 0 spiro atoms. The Morgan fingerprint density at radius 2 is 2.00 bits per heavy atom. The molecule has 0 aromatic carbocycles. The lowest BCUT2D eigenvalue weighted by Gasteiger charge is -1.98. The minimum Gasteiger partial charge on any atom is -0.351 e. The van der Waals surface area contributed by atoms with E-state index >= 15 is 0 Å². The average Bonchev–Trinajstić information content (AvgIpc) is 3.39. The molecule has 0 aliphatic rings. The molecule has 30 heavy (non-hydrogen) atoms. The highest BCUT2D eigenvalue weighted by Gasteiger charge is 2.14. The number of carbonyl (C=O) groups is 2. The molecule has 0 radical (unpaired) electrons. The zero-order chi connectivity index (χ0) is 21.3. The average molecular weight is 442 g/mol. The van der Waals surface area contributed by atoms with Gasteiger partial charge in [-0.15, -0.1) is 27.8 Å². The lowest BCUT2D eigenvalue weighted by Crippen LogP contribution is -2.17. The first-order valence-electron chi connectivity index (χ1n) is 9.16. The number of aryl methyl sites for hydroxylation is 2. The van der Waals surface area contributed by atoms with Crippen LogP contribution in [0, 0.1) is 13.8 Å². The first-order chi connectivity index (χ1) is 14.4. The lowest BCUT2D eigenvalue weighted by molar-refractivity contribution is -0.119. The lowest BCUT2D eigenvalue weighted by atomic mass is 10.3. The Labute approximate surface area is 180 Å². The molecular formula is C19H19N7O2S2. The van der Waals surface area contributed by atoms with Gasteiger partial charge in [-0.25, -0.2) is 14.5 Å². The van der Waals surface area contributed by atoms with Gasteiger partial charge in [-0.2, -0.15) is 4.98 Å². The highest BCUT2D eigenvalue weighted by Crippen LogP contribution is 2.30. The van der Waals surface area contributed by atoms with Crippen LogP contribution in [0.1, 0.15) is 29.0 Å². The Kier molecular flexibility index (Phi) is 5.55. The second-order valence-corrected chi connectivity index (χ2v) is 8.74. The Balaban J connectivity index is 1.41. The number of amides is 2. The molecule has 0 atom stereocenters. The molecule has 0 bridgehead atoms. The van der Waals surface area contributed by atoms with Crippen LogP contribution in [-0.2, 0) is 22.6 Å². The number of thiophene rings is 1. The van der Waals surface area contributed by atoms with Crippen molar-refractivity contribution in [3.63, 3.8) is 0 Å². The van der Waals surface area contributed by atoms with Crippen LogP contribution < -0.4 is 10.6 Å². The molecule has 0 unspecified atom stereocenters. The van der Waals surface area contributed by atoms with Crippen molar-refractivity contribution >= 4 is 45.4 Å². The largest absolute Gasteiger partial charge is 0.351 e. The van der Waals surface area contributed by atoms with Crippen LogP contribution in [-0.4, -0.2) is 36.4 Å². The number of hydrogen-bond donors (Lipinski definition) is 2. The van der Waals surface area contributed by atoms with E-state index in [0.29, 0.717) is 23.3 Å². The van der Waals surface area contributed by atoms with Crippen LogP contribution in [0.15, 0.2) is 23.6 Å². The fourth-order valence-corrected chi connectivity index (χ4v) is 4.57. The third-order valence-electron chi connectivity index (χ3n) is 4.16. The van der Waals surface area contributed by atoms with E-state index in [0.717, 1.165) is 26.8 Å². The van der Waals surface area contributed by atoms with Crippen molar-refractivity contribution in [2.45, 2.75) is 33.7 Å². The Hall–Kier alpha value is -3.18. The highest BCUT2D eigenvalue weighted by molar-refractivity contribution is 7.17. The molecule has 2 N–H and O–H groups in total. The normalized spacial score (nSPS) is 11.0.